The summed E-state index contributed by atoms with van der Waals surface area (Å²) in [6.07, 6.45) is 1.30. The molecule has 0 radical (unpaired) electrons. The van der Waals surface area contributed by atoms with Gasteiger partial charge in [0.05, 0.1) is 19.8 Å². The van der Waals surface area contributed by atoms with Crippen molar-refractivity contribution in [2.45, 2.75) is 19.8 Å². The molecule has 0 aliphatic heterocycles. The van der Waals surface area contributed by atoms with Crippen LogP contribution in [0.4, 0.5) is 0 Å². The highest BCUT2D eigenvalue weighted by molar-refractivity contribution is 6.03. The molecule has 0 aromatic heterocycles. The Kier molecular flexibility index (Phi) is 9.02. The van der Waals surface area contributed by atoms with Gasteiger partial charge in [-0.1, -0.05) is 72.2 Å². The molecule has 0 aliphatic carbocycles. The van der Waals surface area contributed by atoms with Crippen LogP contribution in [0.3, 0.4) is 0 Å². The minimum Gasteiger partial charge on any atom is -0.468 e. The Morgan fingerprint density at radius 1 is 0.844 bits per heavy atom. The number of carbonyl (C=O) groups excluding carboxylic acids is 3. The van der Waals surface area contributed by atoms with Crippen LogP contribution in [0.15, 0.2) is 66.2 Å². The van der Waals surface area contributed by atoms with Gasteiger partial charge in [-0.25, -0.2) is 0 Å². The van der Waals surface area contributed by atoms with Crippen LogP contribution in [0.1, 0.15) is 30.9 Å². The molecule has 5 nitrogen and oxygen atoms in total. The molecule has 0 spiro atoms. The summed E-state index contributed by atoms with van der Waals surface area (Å²) in [6, 6.07) is 18.4. The standard InChI is InChI=1S/C27H24O5/c1-21(28)24(20-23-14-8-5-9-15-23)17-11-19-27(25(29)31-2,26(30)32-3)18-10-16-22-12-6-4-7-13-22/h4-9,12-15,20H,18-19H2,1-3H3/b24-20+. The number of ketones is 1. The average molecular weight is 428 g/mol. The minimum atomic E-state index is -1.73. The van der Waals surface area contributed by atoms with Crippen LogP contribution < -0.4 is 0 Å². The van der Waals surface area contributed by atoms with Gasteiger partial charge in [0, 0.05) is 18.4 Å². The molecular formula is C27H24O5. The minimum absolute atomic E-state index is 0.145. The zero-order chi connectivity index (χ0) is 23.4. The van der Waals surface area contributed by atoms with Gasteiger partial charge in [0.2, 0.25) is 0 Å². The van der Waals surface area contributed by atoms with E-state index in [0.29, 0.717) is 0 Å². The number of methoxy groups -OCH3 is 2. The molecule has 0 fully saturated rings. The molecule has 0 saturated heterocycles. The molecule has 0 bridgehead atoms. The Bertz CT molecular complexity index is 1090. The molecule has 162 valence electrons. The van der Waals surface area contributed by atoms with Gasteiger partial charge < -0.3 is 9.47 Å². The lowest BCUT2D eigenvalue weighted by molar-refractivity contribution is -0.168. The number of ether oxygens (including phenoxy) is 2. The third-order valence-electron chi connectivity index (χ3n) is 4.65. The fourth-order valence-corrected chi connectivity index (χ4v) is 2.88. The van der Waals surface area contributed by atoms with Crippen LogP contribution in [0.2, 0.25) is 0 Å². The lowest BCUT2D eigenvalue weighted by atomic mass is 9.81. The first kappa shape index (κ1) is 24.2. The van der Waals surface area contributed by atoms with Crippen molar-refractivity contribution in [3.05, 3.63) is 77.4 Å². The zero-order valence-corrected chi connectivity index (χ0v) is 18.3. The number of hydrogen-bond donors (Lipinski definition) is 0. The third-order valence-corrected chi connectivity index (χ3v) is 4.65. The number of hydrogen-bond acceptors (Lipinski definition) is 5. The normalized spacial score (nSPS) is 10.7. The molecule has 0 saturated carbocycles. The van der Waals surface area contributed by atoms with Crippen molar-refractivity contribution < 1.29 is 23.9 Å². The molecule has 0 amide bonds. The second-order valence-electron chi connectivity index (χ2n) is 6.91. The predicted octanol–water partition coefficient (Wildman–Crippen LogP) is 3.83. The molecule has 0 N–H and O–H groups in total. The van der Waals surface area contributed by atoms with Crippen molar-refractivity contribution in [2.24, 2.45) is 5.41 Å². The van der Waals surface area contributed by atoms with E-state index in [1.807, 2.05) is 60.7 Å². The lowest BCUT2D eigenvalue weighted by Gasteiger charge is -2.24. The van der Waals surface area contributed by atoms with Crippen molar-refractivity contribution in [3.63, 3.8) is 0 Å². The van der Waals surface area contributed by atoms with E-state index in [1.165, 1.54) is 21.1 Å². The van der Waals surface area contributed by atoms with E-state index in [9.17, 15) is 14.4 Å². The van der Waals surface area contributed by atoms with Gasteiger partial charge >= 0.3 is 11.9 Å². The number of rotatable bonds is 6. The van der Waals surface area contributed by atoms with Crippen molar-refractivity contribution in [3.8, 4) is 23.7 Å². The van der Waals surface area contributed by atoms with Crippen molar-refractivity contribution in [1.82, 2.24) is 0 Å². The quantitative estimate of drug-likeness (QED) is 0.303. The van der Waals surface area contributed by atoms with Gasteiger partial charge in [-0.05, 0) is 30.7 Å². The van der Waals surface area contributed by atoms with E-state index in [4.69, 9.17) is 9.47 Å². The topological polar surface area (TPSA) is 69.7 Å². The highest BCUT2D eigenvalue weighted by atomic mass is 16.5. The van der Waals surface area contributed by atoms with Crippen molar-refractivity contribution >= 4 is 23.8 Å². The van der Waals surface area contributed by atoms with E-state index >= 15 is 0 Å². The number of carbonyl (C=O) groups is 3. The Morgan fingerprint density at radius 3 is 1.91 bits per heavy atom. The van der Waals surface area contributed by atoms with Gasteiger partial charge in [-0.3, -0.25) is 14.4 Å². The molecule has 0 aliphatic rings. The number of benzene rings is 2. The van der Waals surface area contributed by atoms with Crippen LogP contribution in [-0.4, -0.2) is 31.9 Å². The van der Waals surface area contributed by atoms with Crippen molar-refractivity contribution in [2.75, 3.05) is 14.2 Å². The van der Waals surface area contributed by atoms with Gasteiger partial charge in [-0.15, -0.1) is 0 Å². The van der Waals surface area contributed by atoms with Crippen LogP contribution in [-0.2, 0) is 23.9 Å². The number of esters is 2. The summed E-state index contributed by atoms with van der Waals surface area (Å²) in [7, 11) is 2.38. The van der Waals surface area contributed by atoms with Gasteiger partial charge in [-0.2, -0.15) is 0 Å². The molecule has 32 heavy (non-hydrogen) atoms. The Hall–Kier alpha value is -4.09. The van der Waals surface area contributed by atoms with E-state index in [-0.39, 0.29) is 24.2 Å². The molecule has 2 aromatic carbocycles. The maximum atomic E-state index is 12.6. The molecule has 2 rings (SSSR count). The van der Waals surface area contributed by atoms with E-state index in [2.05, 4.69) is 23.7 Å². The summed E-state index contributed by atoms with van der Waals surface area (Å²) in [5.41, 5.74) is 0.0856. The smallest absolute Gasteiger partial charge is 0.325 e. The number of Topliss-reactive ketones (excluding diaryl/α,β-unsaturated/α-hetero) is 1. The fraction of sp³-hybridized carbons (Fsp3) is 0.222. The summed E-state index contributed by atoms with van der Waals surface area (Å²) in [5, 5.41) is 0. The lowest BCUT2D eigenvalue weighted by Crippen LogP contribution is -2.40. The predicted molar refractivity (Wildman–Crippen MR) is 122 cm³/mol. The van der Waals surface area contributed by atoms with Crippen LogP contribution in [0, 0.1) is 29.1 Å². The maximum Gasteiger partial charge on any atom is 0.325 e. The van der Waals surface area contributed by atoms with E-state index in [0.717, 1.165) is 11.1 Å². The van der Waals surface area contributed by atoms with E-state index < -0.39 is 17.4 Å². The monoisotopic (exact) mass is 428 g/mol. The summed E-state index contributed by atoms with van der Waals surface area (Å²) >= 11 is 0. The highest BCUT2D eigenvalue weighted by Crippen LogP contribution is 2.30. The van der Waals surface area contributed by atoms with Crippen LogP contribution in [0.25, 0.3) is 6.08 Å². The molecule has 0 heterocycles. The Balaban J connectivity index is 2.39. The molecule has 0 atom stereocenters. The maximum absolute atomic E-state index is 12.6. The molecule has 5 heteroatoms. The summed E-state index contributed by atoms with van der Waals surface area (Å²) in [6.45, 7) is 1.41. The van der Waals surface area contributed by atoms with Crippen molar-refractivity contribution in [1.29, 1.82) is 0 Å². The zero-order valence-electron chi connectivity index (χ0n) is 18.3. The van der Waals surface area contributed by atoms with Crippen LogP contribution >= 0.6 is 0 Å². The van der Waals surface area contributed by atoms with Gasteiger partial charge in [0.1, 0.15) is 0 Å². The third kappa shape index (κ3) is 6.45. The average Bonchev–Trinajstić information content (AvgIpc) is 2.82. The molecule has 0 unspecified atom stereocenters. The Labute approximate surface area is 188 Å². The fourth-order valence-electron chi connectivity index (χ4n) is 2.88. The SMILES string of the molecule is COC(=O)C(CC#C/C(=C\c1ccccc1)C(C)=O)(CC#Cc1ccccc1)C(=O)OC. The second-order valence-corrected chi connectivity index (χ2v) is 6.91. The first-order chi connectivity index (χ1) is 15.4. The molecular weight excluding hydrogens is 404 g/mol. The van der Waals surface area contributed by atoms with Gasteiger partial charge in [0.25, 0.3) is 0 Å². The van der Waals surface area contributed by atoms with E-state index in [1.54, 1.807) is 6.08 Å². The van der Waals surface area contributed by atoms with Crippen LogP contribution in [0.5, 0.6) is 0 Å². The summed E-state index contributed by atoms with van der Waals surface area (Å²) in [5.74, 6) is 9.57. The molecule has 2 aromatic rings. The largest absolute Gasteiger partial charge is 0.468 e. The second kappa shape index (κ2) is 11.9. The first-order valence-corrected chi connectivity index (χ1v) is 9.90. The van der Waals surface area contributed by atoms with Gasteiger partial charge in [0.15, 0.2) is 11.2 Å². The number of allylic oxidation sites excluding steroid dienone is 1. The summed E-state index contributed by atoms with van der Waals surface area (Å²) in [4.78, 5) is 37.3. The summed E-state index contributed by atoms with van der Waals surface area (Å²) < 4.78 is 9.77. The first-order valence-electron chi connectivity index (χ1n) is 9.90. The highest BCUT2D eigenvalue weighted by Gasteiger charge is 2.47. The Morgan fingerprint density at radius 2 is 1.38 bits per heavy atom.